The lowest BCUT2D eigenvalue weighted by Crippen LogP contribution is -2.11. The van der Waals surface area contributed by atoms with E-state index in [-0.39, 0.29) is 5.82 Å². The number of hydrogen-bond acceptors (Lipinski definition) is 3. The molecule has 0 unspecified atom stereocenters. The summed E-state index contributed by atoms with van der Waals surface area (Å²) < 4.78 is 17.9. The molecule has 1 aliphatic heterocycles. The number of fused-ring (bicyclic) bond motifs is 5. The van der Waals surface area contributed by atoms with Crippen molar-refractivity contribution in [3.05, 3.63) is 47.6 Å². The Bertz CT molecular complexity index is 965. The minimum Gasteiger partial charge on any atom is -0.300 e. The highest BCUT2D eigenvalue weighted by Crippen LogP contribution is 2.33. The molecule has 0 spiro atoms. The van der Waals surface area contributed by atoms with Crippen LogP contribution in [0.4, 0.5) is 4.39 Å². The van der Waals surface area contributed by atoms with Crippen molar-refractivity contribution >= 4 is 0 Å². The fourth-order valence-electron chi connectivity index (χ4n) is 4.33. The molecule has 134 valence electrons. The van der Waals surface area contributed by atoms with Gasteiger partial charge in [0.1, 0.15) is 5.82 Å². The Morgan fingerprint density at radius 1 is 1.19 bits per heavy atom. The van der Waals surface area contributed by atoms with Crippen molar-refractivity contribution in [2.24, 2.45) is 5.92 Å². The zero-order chi connectivity index (χ0) is 17.7. The van der Waals surface area contributed by atoms with Crippen molar-refractivity contribution in [1.82, 2.24) is 24.3 Å². The van der Waals surface area contributed by atoms with Gasteiger partial charge in [-0.2, -0.15) is 5.10 Å². The van der Waals surface area contributed by atoms with Gasteiger partial charge in [0.2, 0.25) is 0 Å². The van der Waals surface area contributed by atoms with E-state index in [1.807, 2.05) is 16.2 Å². The lowest BCUT2D eigenvalue weighted by molar-refractivity contribution is 0.351. The van der Waals surface area contributed by atoms with E-state index in [2.05, 4.69) is 4.98 Å². The lowest BCUT2D eigenvalue weighted by Gasteiger charge is -2.19. The van der Waals surface area contributed by atoms with E-state index in [9.17, 15) is 4.39 Å². The van der Waals surface area contributed by atoms with E-state index < -0.39 is 0 Å². The fourth-order valence-corrected chi connectivity index (χ4v) is 4.33. The van der Waals surface area contributed by atoms with Gasteiger partial charge in [-0.25, -0.2) is 19.0 Å². The van der Waals surface area contributed by atoms with E-state index in [1.165, 1.54) is 38.2 Å². The highest BCUT2D eigenvalue weighted by atomic mass is 19.1. The second kappa shape index (κ2) is 6.04. The predicted octanol–water partition coefficient (Wildman–Crippen LogP) is 4.06. The molecule has 0 radical (unpaired) electrons. The number of aryl methyl sites for hydroxylation is 1. The first-order valence-corrected chi connectivity index (χ1v) is 9.46. The van der Waals surface area contributed by atoms with Gasteiger partial charge in [-0.05, 0) is 31.0 Å². The van der Waals surface area contributed by atoms with Crippen LogP contribution in [-0.4, -0.2) is 24.3 Å². The maximum atomic E-state index is 14.0. The molecule has 0 N–H and O–H groups in total. The predicted molar refractivity (Wildman–Crippen MR) is 96.7 cm³/mol. The third-order valence-electron chi connectivity index (χ3n) is 5.75. The van der Waals surface area contributed by atoms with E-state index in [1.54, 1.807) is 18.5 Å². The summed E-state index contributed by atoms with van der Waals surface area (Å²) >= 11 is 0. The van der Waals surface area contributed by atoms with E-state index in [0.29, 0.717) is 12.5 Å². The van der Waals surface area contributed by atoms with Crippen LogP contribution < -0.4 is 0 Å². The Balaban J connectivity index is 1.60. The Hall–Kier alpha value is -2.50. The molecule has 1 fully saturated rings. The standard InChI is InChI=1S/C20H22FN5/c1-13-18-11-26-20(23-19(24-26)9-14-5-3-2-4-6-14)16-10-15(21)7-8-17(16)25(18)12-22-13/h7-8,10,12,14H,2-6,9,11H2,1H3. The number of imidazole rings is 1. The highest BCUT2D eigenvalue weighted by molar-refractivity contribution is 5.69. The van der Waals surface area contributed by atoms with Gasteiger partial charge < -0.3 is 4.57 Å². The van der Waals surface area contributed by atoms with E-state index >= 15 is 0 Å². The lowest BCUT2D eigenvalue weighted by atomic mass is 9.87. The molecule has 0 bridgehead atoms. The summed E-state index contributed by atoms with van der Waals surface area (Å²) in [6.45, 7) is 2.61. The number of aromatic nitrogens is 5. The largest absolute Gasteiger partial charge is 0.300 e. The van der Waals surface area contributed by atoms with Gasteiger partial charge >= 0.3 is 0 Å². The monoisotopic (exact) mass is 351 g/mol. The Morgan fingerprint density at radius 3 is 2.88 bits per heavy atom. The molecule has 6 heteroatoms. The number of rotatable bonds is 2. The maximum absolute atomic E-state index is 14.0. The van der Waals surface area contributed by atoms with Crippen molar-refractivity contribution < 1.29 is 4.39 Å². The molecule has 0 amide bonds. The van der Waals surface area contributed by atoms with Gasteiger partial charge in [-0.3, -0.25) is 0 Å². The number of halogens is 1. The third kappa shape index (κ3) is 2.55. The minimum absolute atomic E-state index is 0.257. The summed E-state index contributed by atoms with van der Waals surface area (Å²) in [5.41, 5.74) is 3.74. The van der Waals surface area contributed by atoms with Crippen LogP contribution in [0, 0.1) is 18.7 Å². The van der Waals surface area contributed by atoms with Crippen LogP contribution in [0.5, 0.6) is 0 Å². The summed E-state index contributed by atoms with van der Waals surface area (Å²) in [5.74, 6) is 2.06. The van der Waals surface area contributed by atoms with Crippen LogP contribution in [0.25, 0.3) is 17.1 Å². The summed E-state index contributed by atoms with van der Waals surface area (Å²) in [5, 5.41) is 4.79. The molecule has 5 nitrogen and oxygen atoms in total. The Kier molecular flexibility index (Phi) is 3.65. The van der Waals surface area contributed by atoms with Crippen molar-refractivity contribution in [3.63, 3.8) is 0 Å². The molecule has 0 atom stereocenters. The molecule has 1 aliphatic carbocycles. The number of benzene rings is 1. The van der Waals surface area contributed by atoms with Gasteiger partial charge in [0.25, 0.3) is 0 Å². The smallest absolute Gasteiger partial charge is 0.160 e. The van der Waals surface area contributed by atoms with Gasteiger partial charge in [0.05, 0.1) is 29.9 Å². The van der Waals surface area contributed by atoms with Crippen molar-refractivity contribution in [2.75, 3.05) is 0 Å². The zero-order valence-electron chi connectivity index (χ0n) is 15.0. The molecule has 1 aromatic carbocycles. The average Bonchev–Trinajstić information content (AvgIpc) is 3.17. The number of hydrogen-bond donors (Lipinski definition) is 0. The zero-order valence-corrected chi connectivity index (χ0v) is 15.0. The molecule has 1 saturated carbocycles. The van der Waals surface area contributed by atoms with Gasteiger partial charge in [0, 0.05) is 12.0 Å². The second-order valence-corrected chi connectivity index (χ2v) is 7.53. The molecule has 26 heavy (non-hydrogen) atoms. The first-order chi connectivity index (χ1) is 12.7. The van der Waals surface area contributed by atoms with Gasteiger partial charge in [0.15, 0.2) is 11.6 Å². The van der Waals surface area contributed by atoms with Crippen LogP contribution in [0.2, 0.25) is 0 Å². The summed E-state index contributed by atoms with van der Waals surface area (Å²) in [7, 11) is 0. The number of nitrogens with zero attached hydrogens (tertiary/aromatic N) is 5. The van der Waals surface area contributed by atoms with Gasteiger partial charge in [-0.15, -0.1) is 0 Å². The molecule has 2 aromatic heterocycles. The summed E-state index contributed by atoms with van der Waals surface area (Å²) in [4.78, 5) is 9.27. The molecular formula is C20H22FN5. The first-order valence-electron chi connectivity index (χ1n) is 9.46. The maximum Gasteiger partial charge on any atom is 0.160 e. The topological polar surface area (TPSA) is 48.5 Å². The van der Waals surface area contributed by atoms with Crippen molar-refractivity contribution in [2.45, 2.75) is 52.0 Å². The van der Waals surface area contributed by atoms with Crippen LogP contribution in [0.1, 0.15) is 49.3 Å². The molecule has 3 heterocycles. The SMILES string of the molecule is Cc1ncn2c1Cn1nc(CC3CCCCC3)nc1-c1cc(F)ccc1-2. The molecule has 5 rings (SSSR count). The minimum atomic E-state index is -0.257. The summed E-state index contributed by atoms with van der Waals surface area (Å²) in [6, 6.07) is 4.86. The van der Waals surface area contributed by atoms with Crippen LogP contribution >= 0.6 is 0 Å². The van der Waals surface area contributed by atoms with E-state index in [0.717, 1.165) is 40.7 Å². The van der Waals surface area contributed by atoms with Gasteiger partial charge in [-0.1, -0.05) is 32.1 Å². The van der Waals surface area contributed by atoms with E-state index in [4.69, 9.17) is 10.1 Å². The second-order valence-electron chi connectivity index (χ2n) is 7.53. The van der Waals surface area contributed by atoms with Crippen LogP contribution in [0.15, 0.2) is 24.5 Å². The average molecular weight is 351 g/mol. The first kappa shape index (κ1) is 15.7. The normalized spacial score (nSPS) is 16.7. The van der Waals surface area contributed by atoms with Crippen LogP contribution in [-0.2, 0) is 13.0 Å². The highest BCUT2D eigenvalue weighted by Gasteiger charge is 2.25. The third-order valence-corrected chi connectivity index (χ3v) is 5.75. The quantitative estimate of drug-likeness (QED) is 0.547. The van der Waals surface area contributed by atoms with Crippen molar-refractivity contribution in [1.29, 1.82) is 0 Å². The summed E-state index contributed by atoms with van der Waals surface area (Å²) in [6.07, 6.45) is 9.22. The molecule has 2 aliphatic rings. The van der Waals surface area contributed by atoms with Crippen LogP contribution in [0.3, 0.4) is 0 Å². The van der Waals surface area contributed by atoms with Crippen molar-refractivity contribution in [3.8, 4) is 17.1 Å². The molecule has 3 aromatic rings. The molecule has 0 saturated heterocycles. The Morgan fingerprint density at radius 2 is 2.04 bits per heavy atom. The fraction of sp³-hybridized carbons (Fsp3) is 0.450. The Labute approximate surface area is 151 Å². The molecular weight excluding hydrogens is 329 g/mol.